The normalized spacial score (nSPS) is 33.5. The van der Waals surface area contributed by atoms with Crippen molar-refractivity contribution in [3.8, 4) is 24.0 Å². The van der Waals surface area contributed by atoms with E-state index in [1.165, 1.54) is 43.2 Å². The first-order chi connectivity index (χ1) is 16.2. The van der Waals surface area contributed by atoms with Gasteiger partial charge in [-0.05, 0) is 107 Å². The van der Waals surface area contributed by atoms with Gasteiger partial charge in [-0.3, -0.25) is 0 Å². The summed E-state index contributed by atoms with van der Waals surface area (Å²) in [6, 6.07) is 16.7. The van der Waals surface area contributed by atoms with Gasteiger partial charge in [-0.2, -0.15) is 0 Å². The van der Waals surface area contributed by atoms with E-state index in [1.54, 1.807) is 12.5 Å². The maximum absolute atomic E-state index is 8.92. The van der Waals surface area contributed by atoms with Crippen LogP contribution in [0.2, 0.25) is 0 Å². The van der Waals surface area contributed by atoms with Crippen molar-refractivity contribution in [1.82, 2.24) is 0 Å². The summed E-state index contributed by atoms with van der Waals surface area (Å²) in [5, 5.41) is 17.8. The van der Waals surface area contributed by atoms with Crippen LogP contribution in [0.4, 0.5) is 0 Å². The molecule has 2 aromatic rings. The molecule has 0 atom stereocenters. The highest BCUT2D eigenvalue weighted by atomic mass is 16.5. The fourth-order valence-electron chi connectivity index (χ4n) is 8.49. The van der Waals surface area contributed by atoms with Gasteiger partial charge in [0.25, 0.3) is 12.5 Å². The molecule has 0 saturated heterocycles. The lowest BCUT2D eigenvalue weighted by atomic mass is 9.31. The van der Waals surface area contributed by atoms with Gasteiger partial charge >= 0.3 is 0 Å². The summed E-state index contributed by atoms with van der Waals surface area (Å²) in [6.45, 7) is 9.71. The number of nitriles is 2. The monoisotopic (exact) mass is 454 g/mol. The van der Waals surface area contributed by atoms with Gasteiger partial charge in [-0.1, -0.05) is 52.0 Å². The molecule has 0 N–H and O–H groups in total. The van der Waals surface area contributed by atoms with E-state index < -0.39 is 0 Å². The standard InChI is InChI=1S/C30H34N2O2/c1-21(2)27-13-28(22(3)4)16-29(14-27,23-5-9-25(10-6-23)33-19-31)18-30(15-27,17-28)24-7-11-26(12-8-24)34-20-32/h5-12,21-22H,13-18H2,1-4H3. The van der Waals surface area contributed by atoms with Crippen LogP contribution in [0.15, 0.2) is 48.5 Å². The van der Waals surface area contributed by atoms with Crippen LogP contribution in [0.1, 0.15) is 77.3 Å². The smallest absolute Gasteiger partial charge is 0.292 e. The molecule has 4 nitrogen and oxygen atoms in total. The third kappa shape index (κ3) is 3.31. The number of hydrogen-bond acceptors (Lipinski definition) is 4. The zero-order valence-corrected chi connectivity index (χ0v) is 20.7. The van der Waals surface area contributed by atoms with Crippen molar-refractivity contribution < 1.29 is 9.47 Å². The molecule has 4 heteroatoms. The van der Waals surface area contributed by atoms with Gasteiger partial charge in [0.15, 0.2) is 0 Å². The molecule has 0 amide bonds. The highest BCUT2D eigenvalue weighted by Crippen LogP contribution is 2.77. The van der Waals surface area contributed by atoms with Crippen molar-refractivity contribution in [1.29, 1.82) is 10.5 Å². The van der Waals surface area contributed by atoms with E-state index in [9.17, 15) is 0 Å². The van der Waals surface area contributed by atoms with Crippen molar-refractivity contribution >= 4 is 0 Å². The molecular weight excluding hydrogens is 420 g/mol. The molecule has 0 spiro atoms. The Morgan fingerprint density at radius 3 is 1.24 bits per heavy atom. The van der Waals surface area contributed by atoms with Crippen LogP contribution in [-0.2, 0) is 10.8 Å². The molecule has 176 valence electrons. The Morgan fingerprint density at radius 1 is 0.588 bits per heavy atom. The minimum Gasteiger partial charge on any atom is -0.388 e. The molecule has 4 aliphatic carbocycles. The second-order valence-corrected chi connectivity index (χ2v) is 12.1. The first-order valence-corrected chi connectivity index (χ1v) is 12.5. The molecule has 4 saturated carbocycles. The van der Waals surface area contributed by atoms with Gasteiger partial charge in [-0.15, -0.1) is 10.5 Å². The predicted octanol–water partition coefficient (Wildman–Crippen LogP) is 7.25. The van der Waals surface area contributed by atoms with Crippen molar-refractivity contribution in [2.75, 3.05) is 0 Å². The van der Waals surface area contributed by atoms with E-state index in [0.29, 0.717) is 34.2 Å². The SMILES string of the molecule is CC(C)C12CC3(c4ccc(OC#N)cc4)CC(c4ccc(OC#N)cc4)(C1)CC(C(C)C)(C3)C2. The maximum Gasteiger partial charge on any atom is 0.292 e. The highest BCUT2D eigenvalue weighted by molar-refractivity contribution is 5.43. The average Bonchev–Trinajstić information content (AvgIpc) is 2.79. The average molecular weight is 455 g/mol. The molecular formula is C30H34N2O2. The summed E-state index contributed by atoms with van der Waals surface area (Å²) in [4.78, 5) is 0. The fraction of sp³-hybridized carbons (Fsp3) is 0.533. The molecule has 0 aliphatic heterocycles. The fourth-order valence-corrected chi connectivity index (χ4v) is 8.49. The third-order valence-corrected chi connectivity index (χ3v) is 9.85. The number of hydrogen-bond donors (Lipinski definition) is 0. The number of rotatable bonds is 6. The minimum absolute atomic E-state index is 0.107. The van der Waals surface area contributed by atoms with Crippen LogP contribution in [0.5, 0.6) is 11.5 Å². The maximum atomic E-state index is 8.92. The van der Waals surface area contributed by atoms with Gasteiger partial charge in [-0.25, -0.2) is 0 Å². The molecule has 2 aromatic carbocycles. The lowest BCUT2D eigenvalue weighted by Gasteiger charge is -2.73. The van der Waals surface area contributed by atoms with Crippen molar-refractivity contribution in [3.63, 3.8) is 0 Å². The van der Waals surface area contributed by atoms with Crippen LogP contribution in [0.25, 0.3) is 0 Å². The van der Waals surface area contributed by atoms with E-state index >= 15 is 0 Å². The van der Waals surface area contributed by atoms with E-state index in [-0.39, 0.29) is 10.8 Å². The Labute approximate surface area is 203 Å². The van der Waals surface area contributed by atoms with Gasteiger partial charge < -0.3 is 9.47 Å². The molecule has 6 rings (SSSR count). The molecule has 0 heterocycles. The summed E-state index contributed by atoms with van der Waals surface area (Å²) in [5.74, 6) is 2.42. The zero-order valence-electron chi connectivity index (χ0n) is 20.7. The number of nitrogens with zero attached hydrogens (tertiary/aromatic N) is 2. The van der Waals surface area contributed by atoms with Crippen molar-refractivity contribution in [2.45, 2.75) is 77.0 Å². The van der Waals surface area contributed by atoms with Crippen molar-refractivity contribution in [3.05, 3.63) is 59.7 Å². The van der Waals surface area contributed by atoms with E-state index in [2.05, 4.69) is 52.0 Å². The predicted molar refractivity (Wildman–Crippen MR) is 131 cm³/mol. The Bertz CT molecular complexity index is 1040. The number of ether oxygens (including phenoxy) is 2. The first-order valence-electron chi connectivity index (χ1n) is 12.5. The second-order valence-electron chi connectivity index (χ2n) is 12.1. The van der Waals surface area contributed by atoms with E-state index in [1.807, 2.05) is 24.3 Å². The van der Waals surface area contributed by atoms with Crippen molar-refractivity contribution in [2.24, 2.45) is 22.7 Å². The molecule has 4 bridgehead atoms. The largest absolute Gasteiger partial charge is 0.388 e. The van der Waals surface area contributed by atoms with E-state index in [4.69, 9.17) is 20.0 Å². The van der Waals surface area contributed by atoms with Crippen LogP contribution in [-0.4, -0.2) is 0 Å². The molecule has 0 unspecified atom stereocenters. The van der Waals surface area contributed by atoms with Gasteiger partial charge in [0.1, 0.15) is 11.5 Å². The lowest BCUT2D eigenvalue weighted by molar-refractivity contribution is -0.176. The minimum atomic E-state index is 0.107. The number of benzene rings is 2. The molecule has 0 aromatic heterocycles. The van der Waals surface area contributed by atoms with Gasteiger partial charge in [0, 0.05) is 0 Å². The van der Waals surface area contributed by atoms with Crippen LogP contribution in [0.3, 0.4) is 0 Å². The van der Waals surface area contributed by atoms with Crippen LogP contribution >= 0.6 is 0 Å². The molecule has 4 aliphatic rings. The quantitative estimate of drug-likeness (QED) is 0.431. The van der Waals surface area contributed by atoms with Crippen LogP contribution in [0, 0.1) is 45.7 Å². The second kappa shape index (κ2) is 7.78. The van der Waals surface area contributed by atoms with Gasteiger partial charge in [0.2, 0.25) is 0 Å². The zero-order chi connectivity index (χ0) is 24.2. The summed E-state index contributed by atoms with van der Waals surface area (Å²) in [5.41, 5.74) is 3.58. The first kappa shape index (κ1) is 22.8. The van der Waals surface area contributed by atoms with Gasteiger partial charge in [0.05, 0.1) is 0 Å². The Kier molecular flexibility index (Phi) is 5.21. The summed E-state index contributed by atoms with van der Waals surface area (Å²) >= 11 is 0. The topological polar surface area (TPSA) is 66.0 Å². The highest BCUT2D eigenvalue weighted by Gasteiger charge is 2.69. The Hall–Kier alpha value is -2.98. The molecule has 34 heavy (non-hydrogen) atoms. The van der Waals surface area contributed by atoms with E-state index in [0.717, 1.165) is 6.42 Å². The molecule has 4 fully saturated rings. The Morgan fingerprint density at radius 2 is 0.941 bits per heavy atom. The summed E-state index contributed by atoms with van der Waals surface area (Å²) in [7, 11) is 0. The summed E-state index contributed by atoms with van der Waals surface area (Å²) < 4.78 is 10.2. The lowest BCUT2D eigenvalue weighted by Crippen LogP contribution is -2.66. The Balaban J connectivity index is 1.67. The molecule has 0 radical (unpaired) electrons. The third-order valence-electron chi connectivity index (χ3n) is 9.85. The summed E-state index contributed by atoms with van der Waals surface area (Å²) in [6.07, 6.45) is 10.9. The van der Waals surface area contributed by atoms with Crippen LogP contribution < -0.4 is 9.47 Å².